The van der Waals surface area contributed by atoms with Crippen molar-refractivity contribution in [3.05, 3.63) is 35.4 Å². The molecule has 2 N–H and O–H groups in total. The van der Waals surface area contributed by atoms with Crippen LogP contribution < -0.4 is 10.6 Å². The van der Waals surface area contributed by atoms with E-state index in [4.69, 9.17) is 4.74 Å². The molecule has 0 saturated heterocycles. The minimum Gasteiger partial charge on any atom is -0.468 e. The van der Waals surface area contributed by atoms with Crippen LogP contribution in [0.2, 0.25) is 0 Å². The largest absolute Gasteiger partial charge is 0.468 e. The van der Waals surface area contributed by atoms with Crippen LogP contribution in [0.15, 0.2) is 24.3 Å². The maximum Gasteiger partial charge on any atom is 0.408 e. The summed E-state index contributed by atoms with van der Waals surface area (Å²) in [6.07, 6.45) is -0.721. The van der Waals surface area contributed by atoms with E-state index in [2.05, 4.69) is 15.4 Å². The van der Waals surface area contributed by atoms with E-state index in [1.54, 1.807) is 46.8 Å². The molecule has 0 spiro atoms. The topological polar surface area (TPSA) is 114 Å². The van der Waals surface area contributed by atoms with Gasteiger partial charge >= 0.3 is 12.1 Å². The Morgan fingerprint density at radius 2 is 1.57 bits per heavy atom. The molecule has 9 nitrogen and oxygen atoms in total. The van der Waals surface area contributed by atoms with Crippen LogP contribution >= 0.6 is 0 Å². The highest BCUT2D eigenvalue weighted by molar-refractivity contribution is 5.94. The van der Waals surface area contributed by atoms with Gasteiger partial charge in [0.25, 0.3) is 0 Å². The van der Waals surface area contributed by atoms with E-state index >= 15 is 0 Å². The summed E-state index contributed by atoms with van der Waals surface area (Å²) in [6.45, 7) is 15.8. The lowest BCUT2D eigenvalue weighted by Gasteiger charge is -2.44. The molecule has 35 heavy (non-hydrogen) atoms. The van der Waals surface area contributed by atoms with Crippen molar-refractivity contribution >= 4 is 23.9 Å². The monoisotopic (exact) mass is 491 g/mol. The molecule has 0 aliphatic rings. The third-order valence-electron chi connectivity index (χ3n) is 5.19. The van der Waals surface area contributed by atoms with Gasteiger partial charge in [-0.2, -0.15) is 0 Å². The standard InChI is InChI=1S/C26H41N3O6/c1-16(2)20(28-24(33)35-26(7,8)9)23(32)29(25(4,5)6)21(18-14-12-11-13-17(18)3)22(31)27-15-19(30)34-10/h11-14,16,20-21H,15H2,1-10H3,(H,27,31)(H,28,33). The van der Waals surface area contributed by atoms with E-state index < -0.39 is 47.1 Å². The molecule has 0 aliphatic carbocycles. The number of benzene rings is 1. The van der Waals surface area contributed by atoms with Gasteiger partial charge in [-0.25, -0.2) is 4.79 Å². The van der Waals surface area contributed by atoms with Gasteiger partial charge in [0, 0.05) is 5.54 Å². The molecule has 0 heterocycles. The average molecular weight is 492 g/mol. The fraction of sp³-hybridized carbons (Fsp3) is 0.615. The fourth-order valence-corrected chi connectivity index (χ4v) is 3.56. The van der Waals surface area contributed by atoms with Gasteiger partial charge in [0.1, 0.15) is 24.2 Å². The lowest BCUT2D eigenvalue weighted by atomic mass is 9.91. The number of amides is 3. The van der Waals surface area contributed by atoms with E-state index in [-0.39, 0.29) is 12.5 Å². The normalized spacial score (nSPS) is 13.5. The predicted molar refractivity (Wildman–Crippen MR) is 134 cm³/mol. The van der Waals surface area contributed by atoms with Crippen molar-refractivity contribution < 1.29 is 28.7 Å². The molecule has 1 aromatic carbocycles. The van der Waals surface area contributed by atoms with Gasteiger partial charge in [0.15, 0.2) is 0 Å². The minimum absolute atomic E-state index is 0.296. The molecule has 0 bridgehead atoms. The number of rotatable bonds is 8. The van der Waals surface area contributed by atoms with Gasteiger partial charge in [-0.3, -0.25) is 14.4 Å². The third kappa shape index (κ3) is 8.88. The van der Waals surface area contributed by atoms with Crippen molar-refractivity contribution in [2.75, 3.05) is 13.7 Å². The van der Waals surface area contributed by atoms with Crippen LogP contribution in [-0.2, 0) is 23.9 Å². The number of methoxy groups -OCH3 is 1. The van der Waals surface area contributed by atoms with Crippen LogP contribution in [0.1, 0.15) is 72.6 Å². The van der Waals surface area contributed by atoms with Gasteiger partial charge < -0.3 is 25.0 Å². The van der Waals surface area contributed by atoms with Crippen LogP contribution in [0.3, 0.4) is 0 Å². The van der Waals surface area contributed by atoms with Crippen molar-refractivity contribution in [2.24, 2.45) is 5.92 Å². The van der Waals surface area contributed by atoms with Crippen molar-refractivity contribution in [1.29, 1.82) is 0 Å². The summed E-state index contributed by atoms with van der Waals surface area (Å²) in [5, 5.41) is 5.27. The molecular formula is C26H41N3O6. The first-order valence-electron chi connectivity index (χ1n) is 11.7. The van der Waals surface area contributed by atoms with E-state index in [1.807, 2.05) is 39.8 Å². The smallest absolute Gasteiger partial charge is 0.408 e. The first-order valence-corrected chi connectivity index (χ1v) is 11.7. The summed E-state index contributed by atoms with van der Waals surface area (Å²) in [7, 11) is 1.23. The first-order chi connectivity index (χ1) is 16.0. The highest BCUT2D eigenvalue weighted by Gasteiger charge is 2.43. The molecule has 3 amide bonds. The van der Waals surface area contributed by atoms with E-state index in [0.717, 1.165) is 5.56 Å². The van der Waals surface area contributed by atoms with Gasteiger partial charge in [-0.05, 0) is 65.5 Å². The summed E-state index contributed by atoms with van der Waals surface area (Å²) < 4.78 is 10.0. The number of ether oxygens (including phenoxy) is 2. The Kier molecular flexibility index (Phi) is 10.3. The molecule has 9 heteroatoms. The van der Waals surface area contributed by atoms with Crippen LogP contribution in [-0.4, -0.2) is 59.6 Å². The average Bonchev–Trinajstić information content (AvgIpc) is 2.71. The highest BCUT2D eigenvalue weighted by Crippen LogP contribution is 2.32. The Morgan fingerprint density at radius 1 is 1.00 bits per heavy atom. The van der Waals surface area contributed by atoms with E-state index in [9.17, 15) is 19.2 Å². The van der Waals surface area contributed by atoms with Crippen molar-refractivity contribution in [3.63, 3.8) is 0 Å². The summed E-state index contributed by atoms with van der Waals surface area (Å²) in [5.41, 5.74) is -0.155. The maximum atomic E-state index is 14.0. The van der Waals surface area contributed by atoms with Gasteiger partial charge in [-0.15, -0.1) is 0 Å². The SMILES string of the molecule is COC(=O)CNC(=O)C(c1ccccc1C)N(C(=O)C(NC(=O)OC(C)(C)C)C(C)C)C(C)(C)C. The summed E-state index contributed by atoms with van der Waals surface area (Å²) in [5.74, 6) is -1.88. The first kappa shape index (κ1) is 29.9. The zero-order valence-electron chi connectivity index (χ0n) is 22.6. The molecule has 0 aromatic heterocycles. The van der Waals surface area contributed by atoms with Crippen LogP contribution in [0.5, 0.6) is 0 Å². The minimum atomic E-state index is -1.06. The molecule has 2 unspecified atom stereocenters. The number of nitrogens with one attached hydrogen (secondary N) is 2. The number of carbonyl (C=O) groups excluding carboxylic acids is 4. The van der Waals surface area contributed by atoms with Gasteiger partial charge in [0.2, 0.25) is 11.8 Å². The quantitative estimate of drug-likeness (QED) is 0.538. The predicted octanol–water partition coefficient (Wildman–Crippen LogP) is 3.50. The molecule has 1 rings (SSSR count). The number of alkyl carbamates (subject to hydrolysis) is 1. The number of hydrogen-bond acceptors (Lipinski definition) is 6. The number of aryl methyl sites for hydroxylation is 1. The van der Waals surface area contributed by atoms with Crippen molar-refractivity contribution in [3.8, 4) is 0 Å². The van der Waals surface area contributed by atoms with Crippen LogP contribution in [0.4, 0.5) is 4.79 Å². The molecule has 0 aliphatic heterocycles. The maximum absolute atomic E-state index is 14.0. The lowest BCUT2D eigenvalue weighted by Crippen LogP contribution is -2.60. The Labute approximate surface area is 208 Å². The van der Waals surface area contributed by atoms with E-state index in [1.165, 1.54) is 12.0 Å². The zero-order valence-corrected chi connectivity index (χ0v) is 22.6. The number of nitrogens with zero attached hydrogens (tertiary/aromatic N) is 1. The Balaban J connectivity index is 3.55. The molecule has 196 valence electrons. The third-order valence-corrected chi connectivity index (χ3v) is 5.19. The highest BCUT2D eigenvalue weighted by atomic mass is 16.6. The fourth-order valence-electron chi connectivity index (χ4n) is 3.56. The number of esters is 1. The molecule has 0 radical (unpaired) electrons. The van der Waals surface area contributed by atoms with Crippen LogP contribution in [0.25, 0.3) is 0 Å². The number of hydrogen-bond donors (Lipinski definition) is 2. The van der Waals surface area contributed by atoms with Crippen LogP contribution in [0, 0.1) is 12.8 Å². The lowest BCUT2D eigenvalue weighted by molar-refractivity contribution is -0.150. The Hall–Kier alpha value is -3.10. The van der Waals surface area contributed by atoms with Crippen molar-refractivity contribution in [2.45, 2.75) is 85.5 Å². The molecule has 2 atom stereocenters. The Morgan fingerprint density at radius 3 is 2.03 bits per heavy atom. The number of carbonyl (C=O) groups is 4. The molecule has 1 aromatic rings. The second-order valence-electron chi connectivity index (χ2n) is 10.8. The van der Waals surface area contributed by atoms with Crippen molar-refractivity contribution in [1.82, 2.24) is 15.5 Å². The zero-order chi connectivity index (χ0) is 27.1. The van der Waals surface area contributed by atoms with E-state index in [0.29, 0.717) is 5.56 Å². The van der Waals surface area contributed by atoms with Gasteiger partial charge in [0.05, 0.1) is 7.11 Å². The molecule has 0 saturated carbocycles. The molecular weight excluding hydrogens is 450 g/mol. The Bertz CT molecular complexity index is 914. The van der Waals surface area contributed by atoms with Gasteiger partial charge in [-0.1, -0.05) is 38.1 Å². The summed E-state index contributed by atoms with van der Waals surface area (Å²) >= 11 is 0. The summed E-state index contributed by atoms with van der Waals surface area (Å²) in [4.78, 5) is 53.2. The summed E-state index contributed by atoms with van der Waals surface area (Å²) in [6, 6.07) is 5.23. The molecule has 0 fully saturated rings. The second-order valence-corrected chi connectivity index (χ2v) is 10.8. The second kappa shape index (κ2) is 12.0.